The van der Waals surface area contributed by atoms with Gasteiger partial charge in [-0.15, -0.1) is 5.11 Å². The number of nitrogens with zero attached hydrogens (tertiary/aromatic N) is 6. The molecule has 30 nitrogen and oxygen atoms in total. The van der Waals surface area contributed by atoms with Crippen LogP contribution in [-0.4, -0.2) is 145 Å². The molecular formula is C76H107N13O17. The van der Waals surface area contributed by atoms with Gasteiger partial charge in [0.2, 0.25) is 0 Å². The molecule has 4 aromatic rings. The highest BCUT2D eigenvalue weighted by Crippen LogP contribution is 2.51. The van der Waals surface area contributed by atoms with Gasteiger partial charge in [-0.25, -0.2) is 30.7 Å². The number of carboxylic acids is 5. The van der Waals surface area contributed by atoms with E-state index in [-0.39, 0.29) is 100 Å². The zero-order valence-corrected chi connectivity index (χ0v) is 62.5. The number of carboxylic acid groups (broad SMARTS) is 5. The highest BCUT2D eigenvalue weighted by Gasteiger charge is 2.51. The molecule has 9 rings (SSSR count). The number of nitrogen functional groups attached to an aromatic ring is 1. The quantitative estimate of drug-likeness (QED) is 0.00252. The summed E-state index contributed by atoms with van der Waals surface area (Å²) < 4.78 is 5.11. The lowest BCUT2D eigenvalue weighted by Crippen LogP contribution is -2.50. The molecule has 17 N–H and O–H groups in total. The Morgan fingerprint density at radius 2 is 1.19 bits per heavy atom. The number of amidine groups is 2. The van der Waals surface area contributed by atoms with Crippen LogP contribution < -0.4 is 32.6 Å². The molecule has 5 aliphatic carbocycles. The number of unbranched alkanes of at least 4 members (excludes halogenated alkanes) is 3. The number of hydrogen-bond acceptors (Lipinski definition) is 21. The number of anilines is 1. The average Bonchev–Trinajstić information content (AvgIpc) is 0.750. The van der Waals surface area contributed by atoms with Gasteiger partial charge in [0.25, 0.3) is 5.91 Å². The molecule has 5 aliphatic rings. The summed E-state index contributed by atoms with van der Waals surface area (Å²) in [6.45, 7) is 24.5. The predicted octanol–water partition coefficient (Wildman–Crippen LogP) is 13.3. The van der Waals surface area contributed by atoms with Crippen LogP contribution in [0.25, 0.3) is 15.6 Å². The number of rotatable bonds is 27. The predicted molar refractivity (Wildman–Crippen MR) is 399 cm³/mol. The van der Waals surface area contributed by atoms with Gasteiger partial charge in [0, 0.05) is 36.1 Å². The third kappa shape index (κ3) is 26.5. The van der Waals surface area contributed by atoms with Gasteiger partial charge >= 0.3 is 35.5 Å². The van der Waals surface area contributed by atoms with E-state index in [1.54, 1.807) is 77.3 Å². The van der Waals surface area contributed by atoms with Crippen molar-refractivity contribution < 1.29 is 84.1 Å². The zero-order chi connectivity index (χ0) is 79.9. The van der Waals surface area contributed by atoms with Gasteiger partial charge in [-0.3, -0.25) is 45.4 Å². The maximum Gasteiger partial charge on any atom is 0.340 e. The number of hydrogen-bond donors (Lipinski definition) is 14. The van der Waals surface area contributed by atoms with Crippen LogP contribution in [0.2, 0.25) is 0 Å². The smallest absolute Gasteiger partial charge is 0.340 e. The Bertz CT molecular complexity index is 3760. The first-order chi connectivity index (χ1) is 49.8. The van der Waals surface area contributed by atoms with E-state index < -0.39 is 63.4 Å². The maximum absolute atomic E-state index is 12.4. The van der Waals surface area contributed by atoms with E-state index in [0.717, 1.165) is 89.2 Å². The SMILES string of the molecule is CC(C)(N=NC(C)(C)C(=N)N)C(=N)N.CC1C2C=CC(C1COO)C(C(=O)O)C2C.CNCCCCCCNC(=O)c1cc(C(C)=O)c(COO)cc1C(=O)O.COc1ccc(N)c(C(C)(C)CC(=O)O)c1.O=C(O)c1cc2ccccc2cc1C(=O)O.[C-]#[N+]C1(N=NC2(C#N)CCCCC2)CCCCC1. The Kier molecular flexibility index (Phi) is 35.8. The minimum atomic E-state index is -1.29. The summed E-state index contributed by atoms with van der Waals surface area (Å²) in [6.07, 6.45) is 17.8. The molecule has 0 radical (unpaired) electrons. The van der Waals surface area contributed by atoms with Crippen molar-refractivity contribution in [2.45, 2.75) is 193 Å². The van der Waals surface area contributed by atoms with E-state index in [2.05, 4.69) is 64.8 Å². The van der Waals surface area contributed by atoms with Crippen LogP contribution in [0.1, 0.15) is 222 Å². The number of amides is 1. The van der Waals surface area contributed by atoms with Gasteiger partial charge in [-0.2, -0.15) is 20.6 Å². The van der Waals surface area contributed by atoms with Gasteiger partial charge in [-0.1, -0.05) is 89.8 Å². The number of aromatic carboxylic acids is 3. The lowest BCUT2D eigenvalue weighted by Gasteiger charge is -2.50. The number of allylic oxidation sites excluding steroid dienone is 2. The first kappa shape index (κ1) is 90.1. The fourth-order valence-electron chi connectivity index (χ4n) is 12.8. The molecule has 1 amide bonds. The maximum atomic E-state index is 12.4. The second-order valence-corrected chi connectivity index (χ2v) is 28.5. The van der Waals surface area contributed by atoms with Crippen molar-refractivity contribution in [2.24, 2.45) is 67.4 Å². The summed E-state index contributed by atoms with van der Waals surface area (Å²) in [7, 11) is 3.47. The number of Topliss-reactive ketones (excluding diaryl/α,β-unsaturated/α-hetero) is 1. The fraction of sp³-hybridized carbons (Fsp3) is 0.539. The monoisotopic (exact) mass is 1470 g/mol. The third-order valence-electron chi connectivity index (χ3n) is 19.4. The van der Waals surface area contributed by atoms with E-state index in [4.69, 9.17) is 65.2 Å². The van der Waals surface area contributed by atoms with Crippen molar-refractivity contribution in [1.29, 1.82) is 16.1 Å². The number of carbonyl (C=O) groups excluding carboxylic acids is 2. The number of carbonyl (C=O) groups is 7. The molecule has 2 bridgehead atoms. The number of methoxy groups -OCH3 is 1. The lowest BCUT2D eigenvalue weighted by atomic mass is 9.54. The van der Waals surface area contributed by atoms with Gasteiger partial charge in [0.05, 0.1) is 54.4 Å². The summed E-state index contributed by atoms with van der Waals surface area (Å²) in [4.78, 5) is 91.4. The fourth-order valence-corrected chi connectivity index (χ4v) is 12.8. The Morgan fingerprint density at radius 1 is 0.679 bits per heavy atom. The number of nitrogens with one attached hydrogen (secondary N) is 4. The molecule has 0 saturated heterocycles. The summed E-state index contributed by atoms with van der Waals surface area (Å²) in [5.41, 5.74) is 14.1. The van der Waals surface area contributed by atoms with E-state index >= 15 is 0 Å². The number of ketones is 1. The largest absolute Gasteiger partial charge is 0.497 e. The molecule has 578 valence electrons. The number of fused-ring (bicyclic) bond motifs is 3. The second kappa shape index (κ2) is 42.1. The van der Waals surface area contributed by atoms with Crippen molar-refractivity contribution in [2.75, 3.05) is 39.6 Å². The summed E-state index contributed by atoms with van der Waals surface area (Å²) >= 11 is 0. The number of nitrogens with two attached hydrogens (primary N) is 3. The minimum Gasteiger partial charge on any atom is -0.497 e. The Balaban J connectivity index is 0.000000334. The van der Waals surface area contributed by atoms with Gasteiger partial charge in [0.1, 0.15) is 35.1 Å². The number of ether oxygens (including phenoxy) is 1. The van der Waals surface area contributed by atoms with E-state index in [1.165, 1.54) is 44.0 Å². The zero-order valence-electron chi connectivity index (χ0n) is 62.5. The van der Waals surface area contributed by atoms with Crippen LogP contribution in [0.4, 0.5) is 5.69 Å². The Morgan fingerprint density at radius 3 is 1.63 bits per heavy atom. The first-order valence-corrected chi connectivity index (χ1v) is 35.1. The Hall–Kier alpha value is -10.1. The van der Waals surface area contributed by atoms with E-state index in [0.29, 0.717) is 34.7 Å². The van der Waals surface area contributed by atoms with Crippen LogP contribution in [0.3, 0.4) is 0 Å². The third-order valence-corrected chi connectivity index (χ3v) is 19.4. The van der Waals surface area contributed by atoms with Gasteiger partial charge < -0.3 is 58.1 Å². The molecule has 0 spiro atoms. The molecule has 6 unspecified atom stereocenters. The van der Waals surface area contributed by atoms with Crippen LogP contribution in [-0.2, 0) is 31.4 Å². The number of nitriles is 1. The number of azo groups is 2. The topological polar surface area (TPSA) is 516 Å². The Labute approximate surface area is 619 Å². The van der Waals surface area contributed by atoms with Crippen LogP contribution >= 0.6 is 0 Å². The molecular weight excluding hydrogens is 1370 g/mol. The molecule has 106 heavy (non-hydrogen) atoms. The highest BCUT2D eigenvalue weighted by atomic mass is 17.1. The van der Waals surface area contributed by atoms with Crippen molar-refractivity contribution in [3.05, 3.63) is 129 Å². The number of aliphatic carboxylic acids is 2. The van der Waals surface area contributed by atoms with Crippen molar-refractivity contribution >= 4 is 69.7 Å². The molecule has 0 aliphatic heterocycles. The highest BCUT2D eigenvalue weighted by molar-refractivity contribution is 6.08. The van der Waals surface area contributed by atoms with Crippen LogP contribution in [0.15, 0.2) is 99.3 Å². The molecule has 0 heterocycles. The summed E-state index contributed by atoms with van der Waals surface area (Å²) in [6, 6.07) is 19.8. The van der Waals surface area contributed by atoms with Crippen molar-refractivity contribution in [3.63, 3.8) is 0 Å². The van der Waals surface area contributed by atoms with Gasteiger partial charge in [-0.05, 0) is 194 Å². The normalized spacial score (nSPS) is 19.0. The van der Waals surface area contributed by atoms with Crippen LogP contribution in [0, 0.1) is 64.2 Å². The summed E-state index contributed by atoms with van der Waals surface area (Å²) in [5, 5.41) is 110. The first-order valence-electron chi connectivity index (χ1n) is 35.1. The van der Waals surface area contributed by atoms with Crippen molar-refractivity contribution in [1.82, 2.24) is 10.6 Å². The van der Waals surface area contributed by atoms with E-state index in [1.807, 2.05) is 33.9 Å². The number of benzene rings is 4. The lowest BCUT2D eigenvalue weighted by molar-refractivity contribution is -0.261. The standard InChI is InChI=1S/C18H26N2O6.C14H20N4.C12H17NO3.C12H18O4.C12H8O4.C8H18N6/c1-12(21)14-10-15(16(18(23)24)9-13(14)11-26-25)17(22)20-8-6-4-3-5-7-19-2;1-16-14(10-6-3-7-11-14)18-17-13(12-15)8-4-2-5-9-13;1-12(2,7-11(14)15)9-6-8(16-3)4-5-10(9)13;1-6-8-3-4-9(10(6)5-16-15)11(7(8)2)12(13)14;13-11(14)9-5-7-3-1-2-4-8(7)6-10(9)12(15)16;1-7(2,5(9)10)13-14-8(3,4)6(11)12/h9-10,19,25H,3-8,11H2,1-2H3,(H,20,22)(H,23,24);2-11H2;4-6H,7,13H2,1-3H3,(H,14,15);3-4,6-11,15H,5H2,1-2H3,(H,13,14);1-6H,(H,13,14)(H,15,16);1-4H3,(H3,9,10)(H3,11,12). The molecule has 3 fully saturated rings. The van der Waals surface area contributed by atoms with E-state index in [9.17, 15) is 49.0 Å². The molecule has 4 aromatic carbocycles. The minimum absolute atomic E-state index is 0.0142. The van der Waals surface area contributed by atoms with Crippen molar-refractivity contribution in [3.8, 4) is 11.8 Å². The molecule has 30 heteroatoms. The summed E-state index contributed by atoms with van der Waals surface area (Å²) in [5.74, 6) is -5.12. The second-order valence-electron chi connectivity index (χ2n) is 28.5. The molecule has 0 aromatic heterocycles. The average molecular weight is 1470 g/mol. The molecule has 6 atom stereocenters. The van der Waals surface area contributed by atoms with Crippen LogP contribution in [0.5, 0.6) is 5.75 Å². The molecule has 3 saturated carbocycles. The van der Waals surface area contributed by atoms with Gasteiger partial charge in [0.15, 0.2) is 11.3 Å².